The SMILES string of the molecule is CCOC(=O)C1=C(C)N(CC(=O)NCc2cccnc2)c2ncnn2C1c1ccc(C)cc1. The van der Waals surface area contributed by atoms with Gasteiger partial charge in [-0.25, -0.2) is 9.48 Å². The summed E-state index contributed by atoms with van der Waals surface area (Å²) < 4.78 is 7.05. The van der Waals surface area contributed by atoms with E-state index in [1.54, 1.807) is 35.8 Å². The smallest absolute Gasteiger partial charge is 0.338 e. The lowest BCUT2D eigenvalue weighted by Gasteiger charge is -2.35. The van der Waals surface area contributed by atoms with Gasteiger partial charge in [-0.05, 0) is 38.0 Å². The van der Waals surface area contributed by atoms with Crippen molar-refractivity contribution in [2.75, 3.05) is 18.1 Å². The van der Waals surface area contributed by atoms with Crippen LogP contribution < -0.4 is 10.2 Å². The summed E-state index contributed by atoms with van der Waals surface area (Å²) in [7, 11) is 0. The molecule has 9 nitrogen and oxygen atoms in total. The number of esters is 1. The number of carbonyl (C=O) groups excluding carboxylic acids is 2. The molecule has 1 N–H and O–H groups in total. The van der Waals surface area contributed by atoms with E-state index >= 15 is 0 Å². The number of aromatic nitrogens is 4. The lowest BCUT2D eigenvalue weighted by atomic mass is 9.94. The first-order chi connectivity index (χ1) is 16.0. The van der Waals surface area contributed by atoms with Crippen molar-refractivity contribution in [1.29, 1.82) is 0 Å². The standard InChI is InChI=1S/C24H26N6O3/c1-4-33-23(32)21-17(3)29(14-20(31)26-13-18-6-5-11-25-12-18)24-27-15-28-30(24)22(21)19-9-7-16(2)8-10-19/h5-12,15,22H,4,13-14H2,1-3H3,(H,26,31). The van der Waals surface area contributed by atoms with Gasteiger partial charge in [0.25, 0.3) is 0 Å². The molecule has 0 saturated carbocycles. The number of hydrogen-bond donors (Lipinski definition) is 1. The van der Waals surface area contributed by atoms with Gasteiger partial charge in [0.1, 0.15) is 18.9 Å². The lowest BCUT2D eigenvalue weighted by molar-refractivity contribution is -0.139. The van der Waals surface area contributed by atoms with Gasteiger partial charge in [-0.1, -0.05) is 35.9 Å². The fourth-order valence-electron chi connectivity index (χ4n) is 3.85. The number of hydrogen-bond acceptors (Lipinski definition) is 7. The van der Waals surface area contributed by atoms with Crippen LogP contribution in [0.25, 0.3) is 0 Å². The van der Waals surface area contributed by atoms with Gasteiger partial charge in [0, 0.05) is 24.6 Å². The highest BCUT2D eigenvalue weighted by Gasteiger charge is 2.38. The molecule has 9 heteroatoms. The van der Waals surface area contributed by atoms with Crippen LogP contribution in [-0.4, -0.2) is 44.8 Å². The molecule has 0 saturated heterocycles. The highest BCUT2D eigenvalue weighted by molar-refractivity contribution is 5.93. The summed E-state index contributed by atoms with van der Waals surface area (Å²) in [6.45, 7) is 6.15. The quantitative estimate of drug-likeness (QED) is 0.557. The Balaban J connectivity index is 1.67. The molecule has 1 aliphatic rings. The molecule has 4 rings (SSSR count). The summed E-state index contributed by atoms with van der Waals surface area (Å²) in [5, 5.41) is 7.29. The van der Waals surface area contributed by atoms with Gasteiger partial charge >= 0.3 is 5.97 Å². The van der Waals surface area contributed by atoms with Gasteiger partial charge in [0.2, 0.25) is 11.9 Å². The van der Waals surface area contributed by atoms with E-state index < -0.39 is 12.0 Å². The summed E-state index contributed by atoms with van der Waals surface area (Å²) in [6, 6.07) is 11.1. The maximum absolute atomic E-state index is 13.1. The fraction of sp³-hybridized carbons (Fsp3) is 0.292. The second kappa shape index (κ2) is 9.64. The Kier molecular flexibility index (Phi) is 6.48. The average molecular weight is 447 g/mol. The predicted octanol–water partition coefficient (Wildman–Crippen LogP) is 2.54. The number of ether oxygens (including phenoxy) is 1. The zero-order chi connectivity index (χ0) is 23.4. The summed E-state index contributed by atoms with van der Waals surface area (Å²) >= 11 is 0. The lowest BCUT2D eigenvalue weighted by Crippen LogP contribution is -2.42. The molecule has 0 bridgehead atoms. The van der Waals surface area contributed by atoms with E-state index in [4.69, 9.17) is 4.74 Å². The molecule has 2 aromatic heterocycles. The van der Waals surface area contributed by atoms with Crippen LogP contribution in [-0.2, 0) is 20.9 Å². The molecule has 33 heavy (non-hydrogen) atoms. The van der Waals surface area contributed by atoms with Crippen molar-refractivity contribution in [3.8, 4) is 0 Å². The van der Waals surface area contributed by atoms with E-state index in [0.717, 1.165) is 16.7 Å². The van der Waals surface area contributed by atoms with Crippen molar-refractivity contribution < 1.29 is 14.3 Å². The maximum atomic E-state index is 13.1. The zero-order valence-electron chi connectivity index (χ0n) is 18.9. The van der Waals surface area contributed by atoms with E-state index in [2.05, 4.69) is 20.4 Å². The Labute approximate surface area is 192 Å². The molecule has 170 valence electrons. The molecular weight excluding hydrogens is 420 g/mol. The molecule has 0 aliphatic carbocycles. The number of allylic oxidation sites excluding steroid dienone is 1. The van der Waals surface area contributed by atoms with Crippen molar-refractivity contribution in [3.63, 3.8) is 0 Å². The monoisotopic (exact) mass is 446 g/mol. The number of amides is 1. The maximum Gasteiger partial charge on any atom is 0.338 e. The largest absolute Gasteiger partial charge is 0.463 e. The second-order valence-corrected chi connectivity index (χ2v) is 7.76. The van der Waals surface area contributed by atoms with Crippen LogP contribution in [0.4, 0.5) is 5.95 Å². The minimum atomic E-state index is -0.503. The van der Waals surface area contributed by atoms with Crippen molar-refractivity contribution in [2.45, 2.75) is 33.4 Å². The number of fused-ring (bicyclic) bond motifs is 1. The molecular formula is C24H26N6O3. The first-order valence-corrected chi connectivity index (χ1v) is 10.8. The summed E-state index contributed by atoms with van der Waals surface area (Å²) in [6.07, 6.45) is 4.81. The Morgan fingerprint density at radius 1 is 1.15 bits per heavy atom. The fourth-order valence-corrected chi connectivity index (χ4v) is 3.85. The highest BCUT2D eigenvalue weighted by Crippen LogP contribution is 2.38. The van der Waals surface area contributed by atoms with Crippen LogP contribution in [0.5, 0.6) is 0 Å². The van der Waals surface area contributed by atoms with Gasteiger partial charge in [0.15, 0.2) is 0 Å². The Bertz CT molecular complexity index is 1170. The van der Waals surface area contributed by atoms with Crippen molar-refractivity contribution in [1.82, 2.24) is 25.1 Å². The van der Waals surface area contributed by atoms with Crippen LogP contribution >= 0.6 is 0 Å². The van der Waals surface area contributed by atoms with E-state index in [-0.39, 0.29) is 19.1 Å². The third-order valence-corrected chi connectivity index (χ3v) is 5.51. The van der Waals surface area contributed by atoms with Gasteiger partial charge in [-0.3, -0.25) is 9.78 Å². The van der Waals surface area contributed by atoms with Crippen molar-refractivity contribution in [3.05, 3.63) is 83.1 Å². The first-order valence-electron chi connectivity index (χ1n) is 10.8. The zero-order valence-corrected chi connectivity index (χ0v) is 18.9. The third kappa shape index (κ3) is 4.62. The van der Waals surface area contributed by atoms with Crippen LogP contribution in [0.15, 0.2) is 66.4 Å². The normalized spacial score (nSPS) is 15.2. The number of pyridine rings is 1. The molecule has 0 fully saturated rings. The summed E-state index contributed by atoms with van der Waals surface area (Å²) in [5.41, 5.74) is 3.93. The molecule has 1 amide bonds. The number of aryl methyl sites for hydroxylation is 1. The Morgan fingerprint density at radius 2 is 1.94 bits per heavy atom. The molecule has 1 aromatic carbocycles. The van der Waals surface area contributed by atoms with E-state index in [0.29, 0.717) is 23.8 Å². The van der Waals surface area contributed by atoms with Crippen LogP contribution in [0.1, 0.15) is 36.6 Å². The predicted molar refractivity (Wildman–Crippen MR) is 122 cm³/mol. The molecule has 3 heterocycles. The topological polar surface area (TPSA) is 102 Å². The second-order valence-electron chi connectivity index (χ2n) is 7.76. The number of anilines is 1. The van der Waals surface area contributed by atoms with Gasteiger partial charge in [-0.15, -0.1) is 0 Å². The number of carbonyl (C=O) groups is 2. The first kappa shape index (κ1) is 22.2. The molecule has 0 spiro atoms. The summed E-state index contributed by atoms with van der Waals surface area (Å²) in [5.74, 6) is -0.171. The van der Waals surface area contributed by atoms with Gasteiger partial charge in [-0.2, -0.15) is 10.1 Å². The third-order valence-electron chi connectivity index (χ3n) is 5.51. The molecule has 1 atom stereocenters. The van der Waals surface area contributed by atoms with E-state index in [1.807, 2.05) is 43.3 Å². The van der Waals surface area contributed by atoms with Gasteiger partial charge < -0.3 is 15.0 Å². The number of rotatable bonds is 7. The molecule has 1 aliphatic heterocycles. The number of benzene rings is 1. The number of nitrogens with one attached hydrogen (secondary N) is 1. The average Bonchev–Trinajstić information content (AvgIpc) is 3.30. The van der Waals surface area contributed by atoms with Crippen LogP contribution in [0, 0.1) is 6.92 Å². The van der Waals surface area contributed by atoms with E-state index in [9.17, 15) is 9.59 Å². The van der Waals surface area contributed by atoms with Crippen molar-refractivity contribution >= 4 is 17.8 Å². The minimum absolute atomic E-state index is 0.0195. The highest BCUT2D eigenvalue weighted by atomic mass is 16.5. The van der Waals surface area contributed by atoms with Gasteiger partial charge in [0.05, 0.1) is 12.2 Å². The van der Waals surface area contributed by atoms with Crippen molar-refractivity contribution in [2.24, 2.45) is 0 Å². The Hall–Kier alpha value is -4.01. The van der Waals surface area contributed by atoms with E-state index in [1.165, 1.54) is 6.33 Å². The molecule has 0 radical (unpaired) electrons. The number of nitrogens with zero attached hydrogens (tertiary/aromatic N) is 5. The van der Waals surface area contributed by atoms with Crippen LogP contribution in [0.3, 0.4) is 0 Å². The summed E-state index contributed by atoms with van der Waals surface area (Å²) in [4.78, 5) is 36.0. The molecule has 3 aromatic rings. The minimum Gasteiger partial charge on any atom is -0.463 e. The molecule has 1 unspecified atom stereocenters. The van der Waals surface area contributed by atoms with Crippen LogP contribution in [0.2, 0.25) is 0 Å². The Morgan fingerprint density at radius 3 is 2.64 bits per heavy atom.